The predicted octanol–water partition coefficient (Wildman–Crippen LogP) is 2.56. The average molecular weight is 469 g/mol. The van der Waals surface area contributed by atoms with Crippen molar-refractivity contribution in [3.8, 4) is 0 Å². The van der Waals surface area contributed by atoms with Gasteiger partial charge in [0.25, 0.3) is 5.91 Å². The molecule has 8 nitrogen and oxygen atoms in total. The first-order valence-electron chi connectivity index (χ1n) is 10.8. The lowest BCUT2D eigenvalue weighted by molar-refractivity contribution is -0.157. The van der Waals surface area contributed by atoms with E-state index < -0.39 is 35.9 Å². The molecule has 1 N–H and O–H groups in total. The number of hydrogen-bond acceptors (Lipinski definition) is 6. The van der Waals surface area contributed by atoms with Crippen LogP contribution in [0, 0.1) is 23.6 Å². The first kappa shape index (κ1) is 23.2. The lowest BCUT2D eigenvalue weighted by Gasteiger charge is -2.26. The van der Waals surface area contributed by atoms with Gasteiger partial charge in [-0.1, -0.05) is 0 Å². The van der Waals surface area contributed by atoms with E-state index in [4.69, 9.17) is 9.47 Å². The molecule has 2 heterocycles. The lowest BCUT2D eigenvalue weighted by atomic mass is 10.1. The van der Waals surface area contributed by atoms with Crippen LogP contribution in [0.5, 0.6) is 0 Å². The zero-order chi connectivity index (χ0) is 24.1. The van der Waals surface area contributed by atoms with Crippen molar-refractivity contribution >= 4 is 29.3 Å². The molecule has 0 radical (unpaired) electrons. The van der Waals surface area contributed by atoms with E-state index in [0.29, 0.717) is 18.8 Å². The lowest BCUT2D eigenvalue weighted by Crippen LogP contribution is -2.44. The molecule has 1 aliphatic carbocycles. The molecule has 3 atom stereocenters. The molecule has 2 aliphatic heterocycles. The highest BCUT2D eigenvalue weighted by Gasteiger charge is 2.61. The zero-order valence-electron chi connectivity index (χ0n) is 18.5. The Morgan fingerprint density at radius 1 is 1.24 bits per heavy atom. The molecular formula is C22H26F3N3O5. The summed E-state index contributed by atoms with van der Waals surface area (Å²) in [6.45, 7) is 6.14. The minimum Gasteiger partial charge on any atom is -0.460 e. The van der Waals surface area contributed by atoms with Gasteiger partial charge in [-0.2, -0.15) is 8.78 Å². The number of anilines is 2. The smallest absolute Gasteiger partial charge is 0.414 e. The van der Waals surface area contributed by atoms with E-state index in [-0.39, 0.29) is 42.6 Å². The van der Waals surface area contributed by atoms with Gasteiger partial charge >= 0.3 is 18.5 Å². The van der Waals surface area contributed by atoms with Gasteiger partial charge < -0.3 is 19.7 Å². The molecule has 4 rings (SSSR count). The Balaban J connectivity index is 1.39. The highest BCUT2D eigenvalue weighted by Crippen LogP contribution is 2.53. The largest absolute Gasteiger partial charge is 0.460 e. The summed E-state index contributed by atoms with van der Waals surface area (Å²) in [6, 6.07) is 3.53. The fourth-order valence-electron chi connectivity index (χ4n) is 4.57. The number of halogens is 3. The molecular weight excluding hydrogens is 443 g/mol. The van der Waals surface area contributed by atoms with Gasteiger partial charge in [-0.05, 0) is 50.8 Å². The van der Waals surface area contributed by atoms with E-state index in [2.05, 4.69) is 0 Å². The van der Waals surface area contributed by atoms with Gasteiger partial charge in [-0.3, -0.25) is 14.5 Å². The number of nitrogens with zero attached hydrogens (tertiary/aromatic N) is 2. The van der Waals surface area contributed by atoms with Crippen LogP contribution in [0.25, 0.3) is 0 Å². The molecule has 3 aliphatic rings. The highest BCUT2D eigenvalue weighted by atomic mass is 19.3. The number of carbonyl (C=O) groups is 3. The number of cyclic esters (lactones) is 1. The molecule has 11 heteroatoms. The van der Waals surface area contributed by atoms with Gasteiger partial charge in [0.1, 0.15) is 18.0 Å². The highest BCUT2D eigenvalue weighted by molar-refractivity contribution is 5.91. The molecule has 33 heavy (non-hydrogen) atoms. The molecule has 3 unspecified atom stereocenters. The SMILES string of the molecule is CC(C)(C)OC(=O)C1C2CN(c3ccc(N4C(=O)OCC4CNC(=O)C(F)F)cc3F)CC21. The maximum absolute atomic E-state index is 15.0. The number of hydrogen-bond donors (Lipinski definition) is 1. The van der Waals surface area contributed by atoms with Crippen LogP contribution >= 0.6 is 0 Å². The topological polar surface area (TPSA) is 88.2 Å². The molecule has 0 bridgehead atoms. The van der Waals surface area contributed by atoms with Gasteiger partial charge in [-0.25, -0.2) is 9.18 Å². The molecule has 1 aromatic carbocycles. The van der Waals surface area contributed by atoms with Crippen molar-refractivity contribution in [1.29, 1.82) is 0 Å². The van der Waals surface area contributed by atoms with E-state index in [9.17, 15) is 27.6 Å². The molecule has 180 valence electrons. The first-order valence-corrected chi connectivity index (χ1v) is 10.8. The van der Waals surface area contributed by atoms with Crippen molar-refractivity contribution in [3.05, 3.63) is 24.0 Å². The van der Waals surface area contributed by atoms with Gasteiger partial charge in [-0.15, -0.1) is 0 Å². The normalized spacial score (nSPS) is 26.3. The Morgan fingerprint density at radius 2 is 1.91 bits per heavy atom. The third kappa shape index (κ3) is 4.72. The van der Waals surface area contributed by atoms with Crippen LogP contribution in [0.3, 0.4) is 0 Å². The molecule has 1 aromatic rings. The molecule has 2 amide bonds. The van der Waals surface area contributed by atoms with E-state index in [0.717, 1.165) is 4.90 Å². The number of fused-ring (bicyclic) bond motifs is 1. The zero-order valence-corrected chi connectivity index (χ0v) is 18.5. The van der Waals surface area contributed by atoms with Crippen LogP contribution in [0.4, 0.5) is 29.3 Å². The Bertz CT molecular complexity index is 955. The van der Waals surface area contributed by atoms with Crippen molar-refractivity contribution in [2.45, 2.75) is 38.8 Å². The monoisotopic (exact) mass is 469 g/mol. The third-order valence-electron chi connectivity index (χ3n) is 6.09. The van der Waals surface area contributed by atoms with Crippen LogP contribution in [0.15, 0.2) is 18.2 Å². The summed E-state index contributed by atoms with van der Waals surface area (Å²) in [7, 11) is 0. The number of carbonyl (C=O) groups excluding carboxylic acids is 3. The van der Waals surface area contributed by atoms with E-state index in [1.165, 1.54) is 12.1 Å². The molecule has 1 saturated carbocycles. The Morgan fingerprint density at radius 3 is 2.48 bits per heavy atom. The summed E-state index contributed by atoms with van der Waals surface area (Å²) < 4.78 is 50.2. The first-order chi connectivity index (χ1) is 15.5. The summed E-state index contributed by atoms with van der Waals surface area (Å²) in [6.07, 6.45) is -3.92. The van der Waals surface area contributed by atoms with Gasteiger partial charge in [0.05, 0.1) is 23.3 Å². The molecule has 2 saturated heterocycles. The number of piperidine rings is 1. The average Bonchev–Trinajstić information content (AvgIpc) is 3.02. The van der Waals surface area contributed by atoms with Gasteiger partial charge in [0, 0.05) is 19.6 Å². The van der Waals surface area contributed by atoms with Crippen LogP contribution in [0.1, 0.15) is 20.8 Å². The number of benzene rings is 1. The van der Waals surface area contributed by atoms with E-state index in [1.807, 2.05) is 31.0 Å². The van der Waals surface area contributed by atoms with Crippen molar-refractivity contribution < 1.29 is 37.0 Å². The standard InChI is InChI=1S/C22H26F3N3O5/c1-22(2,3)33-20(30)17-13-8-27(9-14(13)17)16-5-4-11(6-15(16)23)28-12(10-32-21(28)31)7-26-19(29)18(24)25/h4-6,12-14,17-18H,7-10H2,1-3H3,(H,26,29). The number of alkyl halides is 2. The second-order valence-corrected chi connectivity index (χ2v) is 9.57. The van der Waals surface area contributed by atoms with Gasteiger partial charge in [0.15, 0.2) is 0 Å². The number of ether oxygens (including phenoxy) is 2. The fraction of sp³-hybridized carbons (Fsp3) is 0.591. The van der Waals surface area contributed by atoms with Crippen LogP contribution in [0.2, 0.25) is 0 Å². The predicted molar refractivity (Wildman–Crippen MR) is 112 cm³/mol. The minimum atomic E-state index is -3.17. The second-order valence-electron chi connectivity index (χ2n) is 9.57. The Hall–Kier alpha value is -2.98. The van der Waals surface area contributed by atoms with Crippen molar-refractivity contribution in [2.24, 2.45) is 17.8 Å². The Labute approximate surface area is 189 Å². The fourth-order valence-corrected chi connectivity index (χ4v) is 4.57. The number of esters is 1. The van der Waals surface area contributed by atoms with E-state index in [1.54, 1.807) is 6.07 Å². The van der Waals surface area contributed by atoms with Crippen molar-refractivity contribution in [3.63, 3.8) is 0 Å². The summed E-state index contributed by atoms with van der Waals surface area (Å²) in [4.78, 5) is 38.6. The number of nitrogens with one attached hydrogen (secondary N) is 1. The summed E-state index contributed by atoms with van der Waals surface area (Å²) >= 11 is 0. The number of rotatable bonds is 6. The van der Waals surface area contributed by atoms with Crippen LogP contribution in [-0.2, 0) is 19.1 Å². The Kier molecular flexibility index (Phi) is 5.92. The van der Waals surface area contributed by atoms with Crippen LogP contribution in [-0.4, -0.2) is 62.3 Å². The quantitative estimate of drug-likeness (QED) is 0.645. The maximum Gasteiger partial charge on any atom is 0.414 e. The molecule has 0 spiro atoms. The second kappa shape index (κ2) is 8.42. The van der Waals surface area contributed by atoms with E-state index >= 15 is 0 Å². The third-order valence-corrected chi connectivity index (χ3v) is 6.09. The molecule has 0 aromatic heterocycles. The summed E-state index contributed by atoms with van der Waals surface area (Å²) in [5, 5.41) is 2.05. The van der Waals surface area contributed by atoms with Crippen molar-refractivity contribution in [2.75, 3.05) is 36.0 Å². The van der Waals surface area contributed by atoms with Crippen LogP contribution < -0.4 is 15.1 Å². The summed E-state index contributed by atoms with van der Waals surface area (Å²) in [5.41, 5.74) is 0.00180. The molecule has 3 fully saturated rings. The maximum atomic E-state index is 15.0. The minimum absolute atomic E-state index is 0.118. The summed E-state index contributed by atoms with van der Waals surface area (Å²) in [5.74, 6) is -2.15. The van der Waals surface area contributed by atoms with Gasteiger partial charge in [0.2, 0.25) is 0 Å². The van der Waals surface area contributed by atoms with Crippen molar-refractivity contribution in [1.82, 2.24) is 5.32 Å². The number of amides is 2.